The van der Waals surface area contributed by atoms with Crippen molar-refractivity contribution in [2.24, 2.45) is 11.5 Å². The van der Waals surface area contributed by atoms with Crippen LogP contribution in [0.2, 0.25) is 0 Å². The smallest absolute Gasteiger partial charge is 0.331 e. The van der Waals surface area contributed by atoms with E-state index in [1.165, 1.54) is 6.92 Å². The van der Waals surface area contributed by atoms with Crippen molar-refractivity contribution in [1.29, 1.82) is 0 Å². The summed E-state index contributed by atoms with van der Waals surface area (Å²) in [6, 6.07) is 0. The second kappa shape index (κ2) is 5.94. The molecule has 0 aliphatic carbocycles. The van der Waals surface area contributed by atoms with E-state index in [4.69, 9.17) is 16.6 Å². The highest BCUT2D eigenvalue weighted by Crippen LogP contribution is 2.11. The molecule has 0 spiro atoms. The zero-order valence-corrected chi connectivity index (χ0v) is 9.36. The van der Waals surface area contributed by atoms with Gasteiger partial charge in [-0.25, -0.2) is 4.79 Å². The summed E-state index contributed by atoms with van der Waals surface area (Å²) in [5.41, 5.74) is 8.05. The number of carboxylic acid groups (broad SMARTS) is 1. The summed E-state index contributed by atoms with van der Waals surface area (Å²) in [5.74, 6) is -3.69. The van der Waals surface area contributed by atoms with E-state index >= 15 is 0 Å². The molecule has 0 aromatic rings. The number of Topliss-reactive ketones (excluding diaryl/α,β-unsaturated/α-hetero) is 1. The van der Waals surface area contributed by atoms with Crippen LogP contribution in [0, 0.1) is 0 Å². The highest BCUT2D eigenvalue weighted by atomic mass is 16.4. The predicted octanol–water partition coefficient (Wildman–Crippen LogP) is -2.26. The number of primary amides is 1. The number of nitrogens with two attached hydrogens (primary N) is 2. The molecule has 0 saturated carbocycles. The van der Waals surface area contributed by atoms with E-state index < -0.39 is 42.1 Å². The SMILES string of the molecule is CC(=O)NCC(=O)[C@](N)(CCC(N)=O)C(=O)O. The molecule has 0 aliphatic heterocycles. The Balaban J connectivity index is 4.69. The minimum absolute atomic E-state index is 0.325. The summed E-state index contributed by atoms with van der Waals surface area (Å²) in [6.07, 6.45) is -0.731. The lowest BCUT2D eigenvalue weighted by Gasteiger charge is -2.22. The molecular formula is C9H15N3O5. The maximum absolute atomic E-state index is 11.6. The molecule has 0 aromatic carbocycles. The quantitative estimate of drug-likeness (QED) is 0.371. The van der Waals surface area contributed by atoms with Gasteiger partial charge in [0.2, 0.25) is 11.8 Å². The Bertz CT molecular complexity index is 355. The van der Waals surface area contributed by atoms with Gasteiger partial charge in [-0.1, -0.05) is 0 Å². The molecule has 96 valence electrons. The summed E-state index contributed by atoms with van der Waals surface area (Å²) in [4.78, 5) is 43.6. The van der Waals surface area contributed by atoms with Gasteiger partial charge < -0.3 is 21.9 Å². The second-order valence-electron chi connectivity index (χ2n) is 3.58. The van der Waals surface area contributed by atoms with Crippen molar-refractivity contribution in [2.45, 2.75) is 25.3 Å². The molecule has 17 heavy (non-hydrogen) atoms. The molecule has 0 bridgehead atoms. The first kappa shape index (κ1) is 15.0. The van der Waals surface area contributed by atoms with E-state index in [0.717, 1.165) is 0 Å². The molecule has 0 aliphatic rings. The van der Waals surface area contributed by atoms with Gasteiger partial charge in [-0.2, -0.15) is 0 Å². The van der Waals surface area contributed by atoms with E-state index in [0.29, 0.717) is 0 Å². The van der Waals surface area contributed by atoms with Crippen LogP contribution in [0.3, 0.4) is 0 Å². The highest BCUT2D eigenvalue weighted by Gasteiger charge is 2.41. The largest absolute Gasteiger partial charge is 0.480 e. The molecule has 0 unspecified atom stereocenters. The number of carboxylic acids is 1. The van der Waals surface area contributed by atoms with Crippen LogP contribution in [0.25, 0.3) is 0 Å². The van der Waals surface area contributed by atoms with Crippen molar-refractivity contribution in [3.63, 3.8) is 0 Å². The standard InChI is InChI=1S/C9H15N3O5/c1-5(13)12-4-6(14)9(11,8(16)17)3-2-7(10)15/h2-4,11H2,1H3,(H2,10,15)(H,12,13)(H,16,17)/t9-/m1/s1. The summed E-state index contributed by atoms with van der Waals surface area (Å²) >= 11 is 0. The van der Waals surface area contributed by atoms with E-state index in [-0.39, 0.29) is 6.42 Å². The fraction of sp³-hybridized carbons (Fsp3) is 0.556. The van der Waals surface area contributed by atoms with Gasteiger partial charge in [-0.3, -0.25) is 14.4 Å². The number of carbonyl (C=O) groups is 4. The minimum atomic E-state index is -2.21. The molecular weight excluding hydrogens is 230 g/mol. The van der Waals surface area contributed by atoms with Gasteiger partial charge in [0.05, 0.1) is 6.54 Å². The number of hydrogen-bond acceptors (Lipinski definition) is 5. The Morgan fingerprint density at radius 1 is 1.29 bits per heavy atom. The number of nitrogens with one attached hydrogen (secondary N) is 1. The molecule has 0 aromatic heterocycles. The van der Waals surface area contributed by atoms with E-state index in [9.17, 15) is 19.2 Å². The Labute approximate surface area is 97.3 Å². The molecule has 8 nitrogen and oxygen atoms in total. The first-order valence-electron chi connectivity index (χ1n) is 4.78. The van der Waals surface area contributed by atoms with E-state index in [1.54, 1.807) is 0 Å². The molecule has 2 amide bonds. The summed E-state index contributed by atoms with van der Waals surface area (Å²) in [6.45, 7) is 0.673. The van der Waals surface area contributed by atoms with E-state index in [2.05, 4.69) is 5.32 Å². The third kappa shape index (κ3) is 4.60. The van der Waals surface area contributed by atoms with Crippen molar-refractivity contribution in [1.82, 2.24) is 5.32 Å². The second-order valence-corrected chi connectivity index (χ2v) is 3.58. The Kier molecular flexibility index (Phi) is 5.26. The first-order chi connectivity index (χ1) is 7.70. The van der Waals surface area contributed by atoms with Crippen molar-refractivity contribution >= 4 is 23.6 Å². The molecule has 1 atom stereocenters. The molecule has 0 heterocycles. The third-order valence-electron chi connectivity index (χ3n) is 2.14. The highest BCUT2D eigenvalue weighted by molar-refractivity contribution is 6.09. The van der Waals surface area contributed by atoms with Crippen LogP contribution in [-0.4, -0.2) is 40.8 Å². The molecule has 0 radical (unpaired) electrons. The number of carbonyl (C=O) groups excluding carboxylic acids is 3. The van der Waals surface area contributed by atoms with E-state index in [1.807, 2.05) is 0 Å². The number of aliphatic carboxylic acids is 1. The van der Waals surface area contributed by atoms with Crippen molar-refractivity contribution in [2.75, 3.05) is 6.54 Å². The average Bonchev–Trinajstić information content (AvgIpc) is 2.21. The van der Waals surface area contributed by atoms with Crippen LogP contribution in [0.15, 0.2) is 0 Å². The topological polar surface area (TPSA) is 153 Å². The zero-order chi connectivity index (χ0) is 13.6. The van der Waals surface area contributed by atoms with Crippen LogP contribution in [-0.2, 0) is 19.2 Å². The first-order valence-corrected chi connectivity index (χ1v) is 4.78. The Morgan fingerprint density at radius 2 is 1.82 bits per heavy atom. The summed E-state index contributed by atoms with van der Waals surface area (Å²) in [7, 11) is 0. The zero-order valence-electron chi connectivity index (χ0n) is 9.36. The fourth-order valence-corrected chi connectivity index (χ4v) is 1.05. The van der Waals surface area contributed by atoms with Crippen LogP contribution in [0.4, 0.5) is 0 Å². The molecule has 6 N–H and O–H groups in total. The lowest BCUT2D eigenvalue weighted by atomic mass is 9.89. The van der Waals surface area contributed by atoms with Gasteiger partial charge >= 0.3 is 5.97 Å². The predicted molar refractivity (Wildman–Crippen MR) is 56.7 cm³/mol. The third-order valence-corrected chi connectivity index (χ3v) is 2.14. The summed E-state index contributed by atoms with van der Waals surface area (Å²) in [5, 5.41) is 11.0. The fourth-order valence-electron chi connectivity index (χ4n) is 1.05. The van der Waals surface area contributed by atoms with Crippen LogP contribution in [0.5, 0.6) is 0 Å². The van der Waals surface area contributed by atoms with Gasteiger partial charge in [0, 0.05) is 13.3 Å². The lowest BCUT2D eigenvalue weighted by Crippen LogP contribution is -2.58. The molecule has 0 fully saturated rings. The normalized spacial score (nSPS) is 13.5. The maximum atomic E-state index is 11.6. The van der Waals surface area contributed by atoms with Gasteiger partial charge in [0.1, 0.15) is 0 Å². The van der Waals surface area contributed by atoms with Gasteiger partial charge in [-0.15, -0.1) is 0 Å². The van der Waals surface area contributed by atoms with Crippen molar-refractivity contribution in [3.8, 4) is 0 Å². The summed E-state index contributed by atoms with van der Waals surface area (Å²) < 4.78 is 0. The van der Waals surface area contributed by atoms with Gasteiger partial charge in [0.25, 0.3) is 0 Å². The average molecular weight is 245 g/mol. The monoisotopic (exact) mass is 245 g/mol. The van der Waals surface area contributed by atoms with Gasteiger partial charge in [0.15, 0.2) is 11.3 Å². The Hall–Kier alpha value is -1.96. The Morgan fingerprint density at radius 3 is 2.18 bits per heavy atom. The van der Waals surface area contributed by atoms with Gasteiger partial charge in [-0.05, 0) is 6.42 Å². The number of hydrogen-bond donors (Lipinski definition) is 4. The molecule has 8 heteroatoms. The molecule has 0 rings (SSSR count). The van der Waals surface area contributed by atoms with Crippen molar-refractivity contribution in [3.05, 3.63) is 0 Å². The minimum Gasteiger partial charge on any atom is -0.480 e. The molecule has 0 saturated heterocycles. The van der Waals surface area contributed by atoms with Crippen molar-refractivity contribution < 1.29 is 24.3 Å². The number of rotatable bonds is 7. The lowest BCUT2D eigenvalue weighted by molar-refractivity contribution is -0.148. The van der Waals surface area contributed by atoms with Crippen LogP contribution >= 0.6 is 0 Å². The number of amides is 2. The number of ketones is 1. The maximum Gasteiger partial charge on any atom is 0.331 e. The van der Waals surface area contributed by atoms with Crippen LogP contribution < -0.4 is 16.8 Å². The van der Waals surface area contributed by atoms with Crippen LogP contribution in [0.1, 0.15) is 19.8 Å².